The number of hydrogen-bond acceptors (Lipinski definition) is 4. The summed E-state index contributed by atoms with van der Waals surface area (Å²) in [5.41, 5.74) is 4.80. The Hall–Kier alpha value is -2.19. The fourth-order valence-corrected chi connectivity index (χ4v) is 5.62. The second-order valence-electron chi connectivity index (χ2n) is 8.20. The van der Waals surface area contributed by atoms with Crippen molar-refractivity contribution in [1.29, 1.82) is 0 Å². The van der Waals surface area contributed by atoms with Gasteiger partial charge < -0.3 is 9.88 Å². The summed E-state index contributed by atoms with van der Waals surface area (Å²) in [6, 6.07) is 14.3. The van der Waals surface area contributed by atoms with Crippen molar-refractivity contribution in [1.82, 2.24) is 19.6 Å². The summed E-state index contributed by atoms with van der Waals surface area (Å²) in [5.74, 6) is 0.840. The van der Waals surface area contributed by atoms with Gasteiger partial charge in [-0.25, -0.2) is 18.1 Å². The van der Waals surface area contributed by atoms with Crippen molar-refractivity contribution in [3.8, 4) is 0 Å². The predicted octanol–water partition coefficient (Wildman–Crippen LogP) is 3.27. The summed E-state index contributed by atoms with van der Waals surface area (Å²) < 4.78 is 29.3. The van der Waals surface area contributed by atoms with Crippen molar-refractivity contribution in [2.75, 3.05) is 13.6 Å². The zero-order chi connectivity index (χ0) is 22.0. The van der Waals surface area contributed by atoms with E-state index in [0.717, 1.165) is 30.0 Å². The van der Waals surface area contributed by atoms with E-state index in [1.165, 1.54) is 29.2 Å². The van der Waals surface area contributed by atoms with Crippen LogP contribution in [0.4, 0.5) is 0 Å². The van der Waals surface area contributed by atoms with Crippen LogP contribution in [0.25, 0.3) is 0 Å². The first-order valence-corrected chi connectivity index (χ1v) is 12.2. The fourth-order valence-electron chi connectivity index (χ4n) is 4.42. The summed E-state index contributed by atoms with van der Waals surface area (Å²) in [7, 11) is 0.0831. The molecule has 4 rings (SSSR count). The van der Waals surface area contributed by atoms with Gasteiger partial charge in [0.25, 0.3) is 10.0 Å². The topological polar surface area (TPSA) is 76.0 Å². The standard InChI is InChI=1S/C23H27ClN4O2S/c1-25-13-19-11-18-7-6-17(12-27-31(29,30)23-14-28(2)15-26-23)10-21(18)22(19)9-16-4-3-5-20(24)8-16/h3-8,10,14-15,19,22,25,27H,9,11-13H2,1-2H3. The number of hydrogen-bond donors (Lipinski definition) is 2. The lowest BCUT2D eigenvalue weighted by atomic mass is 9.86. The molecule has 1 aliphatic rings. The van der Waals surface area contributed by atoms with Gasteiger partial charge >= 0.3 is 0 Å². The highest BCUT2D eigenvalue weighted by atomic mass is 35.5. The third kappa shape index (κ3) is 5.01. The van der Waals surface area contributed by atoms with Crippen LogP contribution in [-0.2, 0) is 36.5 Å². The molecule has 1 heterocycles. The maximum absolute atomic E-state index is 12.5. The van der Waals surface area contributed by atoms with Crippen LogP contribution in [0, 0.1) is 5.92 Å². The van der Waals surface area contributed by atoms with Crippen molar-refractivity contribution in [3.63, 3.8) is 0 Å². The Morgan fingerprint density at radius 2 is 2.03 bits per heavy atom. The van der Waals surface area contributed by atoms with Gasteiger partial charge in [0.1, 0.15) is 0 Å². The number of aromatic nitrogens is 2. The lowest BCUT2D eigenvalue weighted by Gasteiger charge is -2.21. The van der Waals surface area contributed by atoms with E-state index in [2.05, 4.69) is 33.2 Å². The Morgan fingerprint density at radius 1 is 1.19 bits per heavy atom. The quantitative estimate of drug-likeness (QED) is 0.543. The first-order valence-electron chi connectivity index (χ1n) is 10.3. The van der Waals surface area contributed by atoms with Crippen molar-refractivity contribution in [3.05, 3.63) is 82.3 Å². The number of halogens is 1. The third-order valence-corrected chi connectivity index (χ3v) is 7.42. The molecule has 2 unspecified atom stereocenters. The second-order valence-corrected chi connectivity index (χ2v) is 10.3. The van der Waals surface area contributed by atoms with Crippen LogP contribution >= 0.6 is 11.6 Å². The fraction of sp³-hybridized carbons (Fsp3) is 0.348. The molecule has 2 aromatic carbocycles. The molecule has 2 atom stereocenters. The molecule has 2 N–H and O–H groups in total. The molecule has 0 amide bonds. The molecule has 3 aromatic rings. The van der Waals surface area contributed by atoms with Gasteiger partial charge in [-0.1, -0.05) is 41.9 Å². The molecule has 0 saturated heterocycles. The highest BCUT2D eigenvalue weighted by molar-refractivity contribution is 7.89. The maximum atomic E-state index is 12.5. The molecule has 0 bridgehead atoms. The number of rotatable bonds is 8. The Labute approximate surface area is 188 Å². The van der Waals surface area contributed by atoms with Crippen LogP contribution in [0.3, 0.4) is 0 Å². The highest BCUT2D eigenvalue weighted by Crippen LogP contribution is 2.40. The van der Waals surface area contributed by atoms with Gasteiger partial charge in [-0.15, -0.1) is 0 Å². The summed E-state index contributed by atoms with van der Waals surface area (Å²) in [6.45, 7) is 1.16. The molecule has 0 saturated carbocycles. The van der Waals surface area contributed by atoms with Gasteiger partial charge in [-0.2, -0.15) is 0 Å². The van der Waals surface area contributed by atoms with E-state index in [9.17, 15) is 8.42 Å². The van der Waals surface area contributed by atoms with Crippen molar-refractivity contribution >= 4 is 21.6 Å². The van der Waals surface area contributed by atoms with Crippen molar-refractivity contribution in [2.45, 2.75) is 30.3 Å². The Balaban J connectivity index is 1.55. The van der Waals surface area contributed by atoms with E-state index in [-0.39, 0.29) is 11.6 Å². The molecular weight excluding hydrogens is 432 g/mol. The average molecular weight is 459 g/mol. The van der Waals surface area contributed by atoms with Gasteiger partial charge in [-0.05, 0) is 72.7 Å². The van der Waals surface area contributed by atoms with Crippen molar-refractivity contribution in [2.24, 2.45) is 13.0 Å². The van der Waals surface area contributed by atoms with E-state index in [4.69, 9.17) is 11.6 Å². The zero-order valence-electron chi connectivity index (χ0n) is 17.7. The summed E-state index contributed by atoms with van der Waals surface area (Å²) in [6.07, 6.45) is 4.89. The van der Waals surface area contributed by atoms with E-state index < -0.39 is 10.0 Å². The largest absolute Gasteiger partial charge is 0.339 e. The minimum atomic E-state index is -3.64. The monoisotopic (exact) mass is 458 g/mol. The number of nitrogens with zero attached hydrogens (tertiary/aromatic N) is 2. The lowest BCUT2D eigenvalue weighted by Crippen LogP contribution is -2.24. The minimum absolute atomic E-state index is 0.0316. The lowest BCUT2D eigenvalue weighted by molar-refractivity contribution is 0.436. The van der Waals surface area contributed by atoms with Gasteiger partial charge in [-0.3, -0.25) is 0 Å². The molecule has 8 heteroatoms. The van der Waals surface area contributed by atoms with Crippen LogP contribution in [0.2, 0.25) is 5.02 Å². The first-order chi connectivity index (χ1) is 14.9. The summed E-state index contributed by atoms with van der Waals surface area (Å²) in [5, 5.41) is 4.11. The molecule has 0 spiro atoms. The van der Waals surface area contributed by atoms with Crippen LogP contribution in [0.15, 0.2) is 60.0 Å². The maximum Gasteiger partial charge on any atom is 0.259 e. The van der Waals surface area contributed by atoms with Crippen LogP contribution in [-0.4, -0.2) is 31.6 Å². The Morgan fingerprint density at radius 3 is 2.74 bits per heavy atom. The van der Waals surface area contributed by atoms with E-state index in [0.29, 0.717) is 11.8 Å². The number of imidazole rings is 1. The molecule has 1 aliphatic carbocycles. The van der Waals surface area contributed by atoms with E-state index >= 15 is 0 Å². The molecule has 164 valence electrons. The van der Waals surface area contributed by atoms with E-state index in [1.54, 1.807) is 11.6 Å². The molecule has 31 heavy (non-hydrogen) atoms. The molecule has 6 nitrogen and oxygen atoms in total. The van der Waals surface area contributed by atoms with Crippen LogP contribution < -0.4 is 10.0 Å². The highest BCUT2D eigenvalue weighted by Gasteiger charge is 2.32. The van der Waals surface area contributed by atoms with Gasteiger partial charge in [0.05, 0.1) is 6.33 Å². The minimum Gasteiger partial charge on any atom is -0.339 e. The molecule has 0 fully saturated rings. The number of nitrogens with one attached hydrogen (secondary N) is 2. The van der Waals surface area contributed by atoms with Crippen LogP contribution in [0.5, 0.6) is 0 Å². The van der Waals surface area contributed by atoms with Gasteiger partial charge in [0.15, 0.2) is 5.03 Å². The number of aryl methyl sites for hydroxylation is 1. The van der Waals surface area contributed by atoms with Crippen LogP contribution in [0.1, 0.15) is 28.2 Å². The average Bonchev–Trinajstić information content (AvgIpc) is 3.31. The van der Waals surface area contributed by atoms with Gasteiger partial charge in [0, 0.05) is 24.8 Å². The molecular formula is C23H27ClN4O2S. The molecule has 1 aromatic heterocycles. The third-order valence-electron chi connectivity index (χ3n) is 5.89. The Kier molecular flexibility index (Phi) is 6.48. The Bertz CT molecular complexity index is 1180. The number of fused-ring (bicyclic) bond motifs is 1. The second kappa shape index (κ2) is 9.12. The number of benzene rings is 2. The first kappa shape index (κ1) is 22.0. The SMILES string of the molecule is CNCC1Cc2ccc(CNS(=O)(=O)c3cn(C)cn3)cc2C1Cc1cccc(Cl)c1. The van der Waals surface area contributed by atoms with E-state index in [1.807, 2.05) is 31.3 Å². The number of sulfonamides is 1. The predicted molar refractivity (Wildman–Crippen MR) is 123 cm³/mol. The molecule has 0 radical (unpaired) electrons. The molecule has 0 aliphatic heterocycles. The van der Waals surface area contributed by atoms with Crippen molar-refractivity contribution < 1.29 is 8.42 Å². The summed E-state index contributed by atoms with van der Waals surface area (Å²) >= 11 is 6.21. The normalized spacial score (nSPS) is 18.3. The smallest absolute Gasteiger partial charge is 0.259 e. The van der Waals surface area contributed by atoms with Gasteiger partial charge in [0.2, 0.25) is 0 Å². The zero-order valence-corrected chi connectivity index (χ0v) is 19.2. The summed E-state index contributed by atoms with van der Waals surface area (Å²) in [4.78, 5) is 3.95.